The molecule has 0 saturated heterocycles. The summed E-state index contributed by atoms with van der Waals surface area (Å²) in [4.78, 5) is 27.0. The van der Waals surface area contributed by atoms with E-state index >= 15 is 0 Å². The normalized spacial score (nSPS) is 10.8. The molecule has 1 aromatic rings. The lowest BCUT2D eigenvalue weighted by molar-refractivity contribution is -0.121. The lowest BCUT2D eigenvalue weighted by Gasteiger charge is -2.20. The van der Waals surface area contributed by atoms with Gasteiger partial charge in [0.1, 0.15) is 0 Å². The monoisotopic (exact) mass is 250 g/mol. The molecule has 0 radical (unpaired) electrons. The number of nitrogens with one attached hydrogen (secondary N) is 2. The van der Waals surface area contributed by atoms with Gasteiger partial charge in [-0.05, 0) is 26.8 Å². The Labute approximate surface area is 106 Å². The van der Waals surface area contributed by atoms with Crippen LogP contribution in [-0.4, -0.2) is 28.9 Å². The number of rotatable bonds is 3. The maximum absolute atomic E-state index is 11.7. The summed E-state index contributed by atoms with van der Waals surface area (Å²) in [6, 6.07) is 1.53. The summed E-state index contributed by atoms with van der Waals surface area (Å²) in [5.74, 6) is -0.664. The molecule has 1 heterocycles. The Morgan fingerprint density at radius 2 is 2.06 bits per heavy atom. The van der Waals surface area contributed by atoms with Gasteiger partial charge >= 0.3 is 0 Å². The van der Waals surface area contributed by atoms with Crippen molar-refractivity contribution >= 4 is 17.5 Å². The fourth-order valence-corrected chi connectivity index (χ4v) is 1.31. The summed E-state index contributed by atoms with van der Waals surface area (Å²) in [7, 11) is 0. The second-order valence-corrected chi connectivity index (χ2v) is 4.94. The largest absolute Gasteiger partial charge is 0.398 e. The highest BCUT2D eigenvalue weighted by atomic mass is 16.2. The summed E-state index contributed by atoms with van der Waals surface area (Å²) in [5.41, 5.74) is 5.90. The zero-order chi connectivity index (χ0) is 13.8. The van der Waals surface area contributed by atoms with Crippen LogP contribution in [0.5, 0.6) is 0 Å². The van der Waals surface area contributed by atoms with Crippen LogP contribution in [0.2, 0.25) is 0 Å². The van der Waals surface area contributed by atoms with Crippen molar-refractivity contribution in [2.45, 2.75) is 26.3 Å². The number of aromatic nitrogens is 1. The molecule has 0 bridgehead atoms. The number of nitrogens with zero attached hydrogens (tertiary/aromatic N) is 1. The topological polar surface area (TPSA) is 97.1 Å². The molecule has 2 amide bonds. The van der Waals surface area contributed by atoms with E-state index in [0.29, 0.717) is 5.69 Å². The first-order valence-electron chi connectivity index (χ1n) is 5.58. The van der Waals surface area contributed by atoms with Gasteiger partial charge in [0.25, 0.3) is 5.91 Å². The van der Waals surface area contributed by atoms with Crippen LogP contribution in [0.1, 0.15) is 31.1 Å². The van der Waals surface area contributed by atoms with Gasteiger partial charge in [0, 0.05) is 23.6 Å². The molecule has 98 valence electrons. The third-order valence-corrected chi connectivity index (χ3v) is 2.02. The first-order chi connectivity index (χ1) is 8.29. The number of carbonyl (C=O) groups is 2. The molecule has 6 nitrogen and oxygen atoms in total. The van der Waals surface area contributed by atoms with Crippen LogP contribution in [0, 0.1) is 0 Å². The molecule has 0 saturated carbocycles. The minimum absolute atomic E-state index is 0.0928. The van der Waals surface area contributed by atoms with Crippen LogP contribution in [0.15, 0.2) is 18.5 Å². The van der Waals surface area contributed by atoms with E-state index in [1.54, 1.807) is 0 Å². The molecular formula is C12H18N4O2. The summed E-state index contributed by atoms with van der Waals surface area (Å²) in [6.07, 6.45) is 2.87. The van der Waals surface area contributed by atoms with Crippen molar-refractivity contribution in [3.63, 3.8) is 0 Å². The van der Waals surface area contributed by atoms with Crippen LogP contribution in [0.3, 0.4) is 0 Å². The molecule has 4 N–H and O–H groups in total. The Hall–Kier alpha value is -2.11. The van der Waals surface area contributed by atoms with Crippen molar-refractivity contribution in [2.75, 3.05) is 12.3 Å². The Bertz CT molecular complexity index is 452. The zero-order valence-electron chi connectivity index (χ0n) is 10.8. The number of hydrogen-bond donors (Lipinski definition) is 3. The predicted molar refractivity (Wildman–Crippen MR) is 68.9 cm³/mol. The number of anilines is 1. The molecule has 0 atom stereocenters. The highest BCUT2D eigenvalue weighted by Gasteiger charge is 2.15. The maximum Gasteiger partial charge on any atom is 0.255 e. The average Bonchev–Trinajstić information content (AvgIpc) is 2.24. The van der Waals surface area contributed by atoms with Crippen molar-refractivity contribution in [2.24, 2.45) is 0 Å². The number of carbonyl (C=O) groups excluding carboxylic acids is 2. The van der Waals surface area contributed by atoms with Gasteiger partial charge in [-0.15, -0.1) is 0 Å². The first kappa shape index (κ1) is 14.0. The smallest absolute Gasteiger partial charge is 0.255 e. The molecule has 0 aliphatic heterocycles. The van der Waals surface area contributed by atoms with Gasteiger partial charge in [-0.25, -0.2) is 0 Å². The lowest BCUT2D eigenvalue weighted by atomic mass is 10.1. The number of nitrogen functional groups attached to an aromatic ring is 1. The van der Waals surface area contributed by atoms with Crippen molar-refractivity contribution in [3.8, 4) is 0 Å². The van der Waals surface area contributed by atoms with E-state index in [1.165, 1.54) is 18.5 Å². The lowest BCUT2D eigenvalue weighted by Crippen LogP contribution is -2.45. The minimum atomic E-state index is -0.412. The van der Waals surface area contributed by atoms with Gasteiger partial charge in [-0.3, -0.25) is 14.6 Å². The first-order valence-corrected chi connectivity index (χ1v) is 5.58. The van der Waals surface area contributed by atoms with E-state index in [9.17, 15) is 9.59 Å². The van der Waals surface area contributed by atoms with E-state index in [2.05, 4.69) is 15.6 Å². The fourth-order valence-electron chi connectivity index (χ4n) is 1.31. The van der Waals surface area contributed by atoms with Crippen LogP contribution in [0.4, 0.5) is 5.69 Å². The van der Waals surface area contributed by atoms with Crippen LogP contribution in [-0.2, 0) is 4.79 Å². The highest BCUT2D eigenvalue weighted by molar-refractivity contribution is 6.00. The predicted octanol–water partition coefficient (Wildman–Crippen LogP) is 0.308. The van der Waals surface area contributed by atoms with Crippen molar-refractivity contribution in [1.29, 1.82) is 0 Å². The molecule has 0 unspecified atom stereocenters. The second-order valence-electron chi connectivity index (χ2n) is 4.94. The van der Waals surface area contributed by atoms with E-state index in [0.717, 1.165) is 0 Å². The van der Waals surface area contributed by atoms with Crippen molar-refractivity contribution in [3.05, 3.63) is 24.0 Å². The van der Waals surface area contributed by atoms with Crippen LogP contribution >= 0.6 is 0 Å². The molecule has 0 aliphatic carbocycles. The Kier molecular flexibility index (Phi) is 4.25. The molecule has 1 aromatic heterocycles. The highest BCUT2D eigenvalue weighted by Crippen LogP contribution is 2.07. The van der Waals surface area contributed by atoms with Crippen LogP contribution in [0.25, 0.3) is 0 Å². The fraction of sp³-hybridized carbons (Fsp3) is 0.417. The van der Waals surface area contributed by atoms with Crippen molar-refractivity contribution < 1.29 is 9.59 Å². The van der Waals surface area contributed by atoms with E-state index in [-0.39, 0.29) is 23.6 Å². The van der Waals surface area contributed by atoms with E-state index < -0.39 is 5.91 Å². The van der Waals surface area contributed by atoms with E-state index in [4.69, 9.17) is 5.73 Å². The molecule has 0 fully saturated rings. The molecule has 18 heavy (non-hydrogen) atoms. The SMILES string of the molecule is CC(C)(C)NC(=O)CNC(=O)c1cnccc1N. The summed E-state index contributed by atoms with van der Waals surface area (Å²) >= 11 is 0. The molecule has 6 heteroatoms. The molecule has 0 aromatic carbocycles. The number of pyridine rings is 1. The van der Waals surface area contributed by atoms with Gasteiger partial charge in [0.15, 0.2) is 0 Å². The second kappa shape index (κ2) is 5.48. The maximum atomic E-state index is 11.7. The Morgan fingerprint density at radius 1 is 1.39 bits per heavy atom. The Morgan fingerprint density at radius 3 is 2.61 bits per heavy atom. The average molecular weight is 250 g/mol. The Balaban J connectivity index is 2.52. The summed E-state index contributed by atoms with van der Waals surface area (Å²) in [5, 5.41) is 5.23. The third kappa shape index (κ3) is 4.40. The molecule has 1 rings (SSSR count). The number of nitrogens with two attached hydrogens (primary N) is 1. The van der Waals surface area contributed by atoms with Gasteiger partial charge in [-0.1, -0.05) is 0 Å². The minimum Gasteiger partial charge on any atom is -0.398 e. The number of amides is 2. The number of hydrogen-bond acceptors (Lipinski definition) is 4. The summed E-state index contributed by atoms with van der Waals surface area (Å²) < 4.78 is 0. The van der Waals surface area contributed by atoms with Gasteiger partial charge < -0.3 is 16.4 Å². The third-order valence-electron chi connectivity index (χ3n) is 2.02. The van der Waals surface area contributed by atoms with Gasteiger partial charge in [0.05, 0.1) is 12.1 Å². The van der Waals surface area contributed by atoms with Crippen LogP contribution < -0.4 is 16.4 Å². The summed E-state index contributed by atoms with van der Waals surface area (Å²) in [6.45, 7) is 5.51. The van der Waals surface area contributed by atoms with Gasteiger partial charge in [0.2, 0.25) is 5.91 Å². The zero-order valence-corrected chi connectivity index (χ0v) is 10.8. The van der Waals surface area contributed by atoms with E-state index in [1.807, 2.05) is 20.8 Å². The quantitative estimate of drug-likeness (QED) is 0.719. The molecule has 0 spiro atoms. The van der Waals surface area contributed by atoms with Gasteiger partial charge in [-0.2, -0.15) is 0 Å². The van der Waals surface area contributed by atoms with Crippen molar-refractivity contribution in [1.82, 2.24) is 15.6 Å². The molecule has 0 aliphatic rings. The molecular weight excluding hydrogens is 232 g/mol. The standard InChI is InChI=1S/C12H18N4O2/c1-12(2,3)16-10(17)7-15-11(18)8-6-14-5-4-9(8)13/h4-6H,7H2,1-3H3,(H2,13,14)(H,15,18)(H,16,17).